The summed E-state index contributed by atoms with van der Waals surface area (Å²) in [5, 5.41) is 3.07. The first-order chi connectivity index (χ1) is 13.1. The number of nitrogens with zero attached hydrogens (tertiary/aromatic N) is 2. The van der Waals surface area contributed by atoms with Crippen LogP contribution in [-0.4, -0.2) is 22.0 Å². The summed E-state index contributed by atoms with van der Waals surface area (Å²) in [6.45, 7) is 5.68. The van der Waals surface area contributed by atoms with Gasteiger partial charge in [0.05, 0.1) is 22.8 Å². The number of amides is 1. The molecule has 3 aromatic rings. The number of rotatable bonds is 8. The highest BCUT2D eigenvalue weighted by Crippen LogP contribution is 2.25. The molecule has 0 aliphatic heterocycles. The van der Waals surface area contributed by atoms with Crippen molar-refractivity contribution in [2.24, 2.45) is 11.1 Å². The Morgan fingerprint density at radius 2 is 1.76 bits per heavy atom. The van der Waals surface area contributed by atoms with Crippen LogP contribution in [-0.2, 0) is 17.9 Å². The number of hydrogen-bond donors (Lipinski definition) is 2. The highest BCUT2D eigenvalue weighted by molar-refractivity contribution is 5.85. The van der Waals surface area contributed by atoms with Gasteiger partial charge in [-0.1, -0.05) is 50.2 Å². The fourth-order valence-electron chi connectivity index (χ4n) is 3.49. The first kappa shape index (κ1) is 25.0. The molecule has 1 aromatic heterocycles. The summed E-state index contributed by atoms with van der Waals surface area (Å²) in [7, 11) is 0. The molecule has 1 heterocycles. The van der Waals surface area contributed by atoms with Crippen LogP contribution in [0.5, 0.6) is 0 Å². The van der Waals surface area contributed by atoms with E-state index >= 15 is 0 Å². The molecule has 1 amide bonds. The van der Waals surface area contributed by atoms with Crippen molar-refractivity contribution in [3.63, 3.8) is 0 Å². The van der Waals surface area contributed by atoms with Crippen LogP contribution in [0.15, 0.2) is 54.9 Å². The zero-order valence-corrected chi connectivity index (χ0v) is 18.6. The molecule has 158 valence electrons. The Balaban J connectivity index is 0.00000210. The largest absolute Gasteiger partial charge is 0.352 e. The van der Waals surface area contributed by atoms with Crippen LogP contribution in [0.2, 0.25) is 0 Å². The summed E-state index contributed by atoms with van der Waals surface area (Å²) in [4.78, 5) is 17.1. The first-order valence-corrected chi connectivity index (χ1v) is 9.58. The molecular weight excluding hydrogens is 407 g/mol. The number of carbonyl (C=O) groups is 1. The van der Waals surface area contributed by atoms with E-state index in [-0.39, 0.29) is 30.7 Å². The van der Waals surface area contributed by atoms with E-state index < -0.39 is 5.41 Å². The zero-order chi connectivity index (χ0) is 19.3. The summed E-state index contributed by atoms with van der Waals surface area (Å²) >= 11 is 0. The van der Waals surface area contributed by atoms with Gasteiger partial charge in [-0.15, -0.1) is 24.8 Å². The minimum absolute atomic E-state index is 0. The van der Waals surface area contributed by atoms with E-state index in [1.165, 1.54) is 5.56 Å². The van der Waals surface area contributed by atoms with Crippen molar-refractivity contribution in [2.45, 2.75) is 39.8 Å². The molecule has 3 rings (SSSR count). The molecule has 0 saturated carbocycles. The van der Waals surface area contributed by atoms with Crippen molar-refractivity contribution >= 4 is 41.8 Å². The number of nitrogens with two attached hydrogens (primary N) is 1. The molecule has 0 aliphatic rings. The topological polar surface area (TPSA) is 72.9 Å². The second kappa shape index (κ2) is 11.2. The fourth-order valence-corrected chi connectivity index (χ4v) is 3.49. The van der Waals surface area contributed by atoms with Crippen molar-refractivity contribution in [2.75, 3.05) is 6.54 Å². The van der Waals surface area contributed by atoms with Gasteiger partial charge in [0.25, 0.3) is 0 Å². The van der Waals surface area contributed by atoms with E-state index in [2.05, 4.69) is 33.1 Å². The summed E-state index contributed by atoms with van der Waals surface area (Å²) in [6, 6.07) is 16.4. The molecule has 0 spiro atoms. The molecule has 0 radical (unpaired) electrons. The maximum atomic E-state index is 12.6. The van der Waals surface area contributed by atoms with Gasteiger partial charge in [0.2, 0.25) is 5.91 Å². The summed E-state index contributed by atoms with van der Waals surface area (Å²) in [6.07, 6.45) is 3.37. The van der Waals surface area contributed by atoms with Crippen LogP contribution < -0.4 is 11.1 Å². The third-order valence-corrected chi connectivity index (χ3v) is 5.55. The summed E-state index contributed by atoms with van der Waals surface area (Å²) in [5.41, 5.74) is 9.80. The molecule has 0 aliphatic carbocycles. The molecular formula is C22H30Cl2N4O. The van der Waals surface area contributed by atoms with Crippen LogP contribution in [0.25, 0.3) is 11.0 Å². The Bertz CT molecular complexity index is 914. The molecule has 0 atom stereocenters. The minimum atomic E-state index is -0.465. The maximum Gasteiger partial charge on any atom is 0.227 e. The van der Waals surface area contributed by atoms with E-state index in [0.29, 0.717) is 13.1 Å². The summed E-state index contributed by atoms with van der Waals surface area (Å²) < 4.78 is 2.14. The Labute approximate surface area is 184 Å². The molecule has 0 bridgehead atoms. The molecule has 0 saturated heterocycles. The monoisotopic (exact) mass is 436 g/mol. The predicted molar refractivity (Wildman–Crippen MR) is 124 cm³/mol. The van der Waals surface area contributed by atoms with E-state index in [9.17, 15) is 4.79 Å². The average molecular weight is 437 g/mol. The van der Waals surface area contributed by atoms with Crippen molar-refractivity contribution in [3.8, 4) is 0 Å². The van der Waals surface area contributed by atoms with Gasteiger partial charge < -0.3 is 15.6 Å². The number of benzene rings is 2. The highest BCUT2D eigenvalue weighted by atomic mass is 35.5. The standard InChI is InChI=1S/C22H28N4O.2ClH/c1-3-22(4-2,15-23)21(27)24-13-17-8-7-9-18(12-17)14-26-16-25-19-10-5-6-11-20(19)26;;/h5-12,16H,3-4,13-15,23H2,1-2H3,(H,24,27);2*1H. The third kappa shape index (κ3) is 5.50. The molecule has 7 heteroatoms. The lowest BCUT2D eigenvalue weighted by Gasteiger charge is -2.28. The Hall–Kier alpha value is -2.08. The van der Waals surface area contributed by atoms with Gasteiger partial charge in [-0.3, -0.25) is 4.79 Å². The predicted octanol–water partition coefficient (Wildman–Crippen LogP) is 4.31. The number of carbonyl (C=O) groups excluding carboxylic acids is 1. The van der Waals surface area contributed by atoms with Gasteiger partial charge in [-0.25, -0.2) is 4.98 Å². The SMILES string of the molecule is CCC(CC)(CN)C(=O)NCc1cccc(Cn2cnc3ccccc32)c1.Cl.Cl. The van der Waals surface area contributed by atoms with Gasteiger partial charge in [0.1, 0.15) is 0 Å². The molecule has 0 unspecified atom stereocenters. The van der Waals surface area contributed by atoms with E-state index in [1.807, 2.05) is 50.5 Å². The van der Waals surface area contributed by atoms with E-state index in [0.717, 1.165) is 36.0 Å². The molecule has 5 nitrogen and oxygen atoms in total. The minimum Gasteiger partial charge on any atom is -0.352 e. The Morgan fingerprint density at radius 3 is 2.45 bits per heavy atom. The number of halogens is 2. The number of aromatic nitrogens is 2. The van der Waals surface area contributed by atoms with Crippen LogP contribution in [0.1, 0.15) is 37.8 Å². The lowest BCUT2D eigenvalue weighted by atomic mass is 9.81. The van der Waals surface area contributed by atoms with Gasteiger partial charge in [0, 0.05) is 19.6 Å². The second-order valence-corrected chi connectivity index (χ2v) is 7.06. The van der Waals surface area contributed by atoms with Crippen molar-refractivity contribution < 1.29 is 4.79 Å². The Kier molecular flexibility index (Phi) is 9.63. The molecule has 3 N–H and O–H groups in total. The van der Waals surface area contributed by atoms with Crippen molar-refractivity contribution in [3.05, 3.63) is 66.0 Å². The number of fused-ring (bicyclic) bond motifs is 1. The molecule has 0 fully saturated rings. The first-order valence-electron chi connectivity index (χ1n) is 9.58. The summed E-state index contributed by atoms with van der Waals surface area (Å²) in [5.74, 6) is 0.0426. The van der Waals surface area contributed by atoms with E-state index in [1.54, 1.807) is 0 Å². The lowest BCUT2D eigenvalue weighted by Crippen LogP contribution is -2.45. The second-order valence-electron chi connectivity index (χ2n) is 7.06. The molecule has 2 aromatic carbocycles. The van der Waals surface area contributed by atoms with Gasteiger partial charge in [-0.05, 0) is 36.1 Å². The van der Waals surface area contributed by atoms with Gasteiger partial charge in [-0.2, -0.15) is 0 Å². The fraction of sp³-hybridized carbons (Fsp3) is 0.364. The molecule has 29 heavy (non-hydrogen) atoms. The van der Waals surface area contributed by atoms with Crippen LogP contribution >= 0.6 is 24.8 Å². The zero-order valence-electron chi connectivity index (χ0n) is 16.9. The van der Waals surface area contributed by atoms with Gasteiger partial charge >= 0.3 is 0 Å². The average Bonchev–Trinajstić information content (AvgIpc) is 3.11. The van der Waals surface area contributed by atoms with Crippen molar-refractivity contribution in [1.82, 2.24) is 14.9 Å². The normalized spacial score (nSPS) is 10.9. The van der Waals surface area contributed by atoms with Crippen LogP contribution in [0, 0.1) is 5.41 Å². The maximum absolute atomic E-state index is 12.6. The van der Waals surface area contributed by atoms with Crippen LogP contribution in [0.3, 0.4) is 0 Å². The number of imidazole rings is 1. The highest BCUT2D eigenvalue weighted by Gasteiger charge is 2.32. The number of nitrogens with one attached hydrogen (secondary N) is 1. The number of para-hydroxylation sites is 2. The Morgan fingerprint density at radius 1 is 1.07 bits per heavy atom. The third-order valence-electron chi connectivity index (χ3n) is 5.55. The lowest BCUT2D eigenvalue weighted by molar-refractivity contribution is -0.131. The number of hydrogen-bond acceptors (Lipinski definition) is 3. The van der Waals surface area contributed by atoms with E-state index in [4.69, 9.17) is 5.73 Å². The van der Waals surface area contributed by atoms with Crippen molar-refractivity contribution in [1.29, 1.82) is 0 Å². The van der Waals surface area contributed by atoms with Crippen LogP contribution in [0.4, 0.5) is 0 Å². The smallest absolute Gasteiger partial charge is 0.227 e. The quantitative estimate of drug-likeness (QED) is 0.552. The van der Waals surface area contributed by atoms with Gasteiger partial charge in [0.15, 0.2) is 0 Å².